The number of halogens is 1. The normalized spacial score (nSPS) is 28.3. The fraction of sp³-hybridized carbons (Fsp3) is 0.583. The van der Waals surface area contributed by atoms with Crippen LogP contribution in [0.15, 0.2) is 12.1 Å². The molecule has 4 nitrogen and oxygen atoms in total. The molecule has 0 radical (unpaired) electrons. The van der Waals surface area contributed by atoms with Crippen LogP contribution >= 0.6 is 11.6 Å². The quantitative estimate of drug-likeness (QED) is 0.791. The number of rotatable bonds is 2. The summed E-state index contributed by atoms with van der Waals surface area (Å²) >= 11 is 5.90. The van der Waals surface area contributed by atoms with Gasteiger partial charge in [0.15, 0.2) is 5.82 Å². The molecule has 1 aromatic rings. The fourth-order valence-electron chi connectivity index (χ4n) is 2.99. The zero-order valence-corrected chi connectivity index (χ0v) is 10.5. The smallest absolute Gasteiger partial charge is 0.151 e. The highest BCUT2D eigenvalue weighted by Crippen LogP contribution is 2.31. The third-order valence-electron chi connectivity index (χ3n) is 3.82. The molecule has 92 valence electrons. The van der Waals surface area contributed by atoms with Crippen molar-refractivity contribution in [3.63, 3.8) is 0 Å². The summed E-state index contributed by atoms with van der Waals surface area (Å²) < 4.78 is 0. The van der Waals surface area contributed by atoms with Gasteiger partial charge in [0.25, 0.3) is 0 Å². The lowest BCUT2D eigenvalue weighted by Crippen LogP contribution is -2.34. The Hall–Kier alpha value is -1.00. The molecule has 1 aromatic heterocycles. The molecule has 2 aliphatic heterocycles. The monoisotopic (exact) mass is 252 g/mol. The van der Waals surface area contributed by atoms with Gasteiger partial charge in [-0.3, -0.25) is 4.90 Å². The van der Waals surface area contributed by atoms with Crippen molar-refractivity contribution in [1.82, 2.24) is 9.88 Å². The van der Waals surface area contributed by atoms with E-state index in [1.807, 2.05) is 0 Å². The highest BCUT2D eigenvalue weighted by molar-refractivity contribution is 6.29. The lowest BCUT2D eigenvalue weighted by molar-refractivity contribution is 0.318. The van der Waals surface area contributed by atoms with Gasteiger partial charge in [0.05, 0.1) is 5.69 Å². The molecule has 0 saturated carbocycles. The summed E-state index contributed by atoms with van der Waals surface area (Å²) in [4.78, 5) is 6.82. The second-order valence-corrected chi connectivity index (χ2v) is 5.24. The lowest BCUT2D eigenvalue weighted by Gasteiger charge is -2.22. The molecule has 3 rings (SSSR count). The van der Waals surface area contributed by atoms with Gasteiger partial charge in [0.2, 0.25) is 0 Å². The van der Waals surface area contributed by atoms with Crippen LogP contribution in [0.5, 0.6) is 0 Å². The van der Waals surface area contributed by atoms with Crippen molar-refractivity contribution in [2.75, 3.05) is 24.1 Å². The third-order valence-corrected chi connectivity index (χ3v) is 4.03. The zero-order chi connectivity index (χ0) is 11.8. The summed E-state index contributed by atoms with van der Waals surface area (Å²) in [5.74, 6) is 0.733. The van der Waals surface area contributed by atoms with Crippen LogP contribution in [0.25, 0.3) is 0 Å². The van der Waals surface area contributed by atoms with Gasteiger partial charge in [-0.05, 0) is 37.9 Å². The van der Waals surface area contributed by atoms with Crippen LogP contribution in [0.1, 0.15) is 19.3 Å². The topological polar surface area (TPSA) is 54.2 Å². The second-order valence-electron chi connectivity index (χ2n) is 4.86. The van der Waals surface area contributed by atoms with Crippen LogP contribution in [-0.2, 0) is 0 Å². The van der Waals surface area contributed by atoms with E-state index >= 15 is 0 Å². The largest absolute Gasteiger partial charge is 0.396 e. The molecule has 3 heterocycles. The number of nitrogens with zero attached hydrogens (tertiary/aromatic N) is 2. The molecule has 17 heavy (non-hydrogen) atoms. The van der Waals surface area contributed by atoms with E-state index in [4.69, 9.17) is 17.3 Å². The number of aromatic nitrogens is 1. The van der Waals surface area contributed by atoms with E-state index in [0.717, 1.165) is 12.2 Å². The summed E-state index contributed by atoms with van der Waals surface area (Å²) in [6.07, 6.45) is 3.75. The molecule has 0 aromatic carbocycles. The molecule has 2 aliphatic rings. The van der Waals surface area contributed by atoms with Crippen molar-refractivity contribution in [2.45, 2.75) is 31.3 Å². The van der Waals surface area contributed by atoms with Crippen molar-refractivity contribution >= 4 is 23.1 Å². The number of hydrogen-bond acceptors (Lipinski definition) is 4. The number of nitrogens with two attached hydrogens (primary N) is 1. The molecule has 2 unspecified atom stereocenters. The van der Waals surface area contributed by atoms with Crippen LogP contribution in [0.4, 0.5) is 11.5 Å². The molecule has 5 heteroatoms. The fourth-order valence-corrected chi connectivity index (χ4v) is 3.14. The van der Waals surface area contributed by atoms with E-state index in [9.17, 15) is 0 Å². The van der Waals surface area contributed by atoms with Crippen LogP contribution in [0, 0.1) is 0 Å². The van der Waals surface area contributed by atoms with Crippen molar-refractivity contribution in [3.05, 3.63) is 17.3 Å². The first-order valence-electron chi connectivity index (χ1n) is 6.16. The molecular formula is C12H17ClN4. The van der Waals surface area contributed by atoms with Gasteiger partial charge in [0.1, 0.15) is 5.15 Å². The molecule has 0 spiro atoms. The number of anilines is 2. The van der Waals surface area contributed by atoms with Crippen LogP contribution in [0.3, 0.4) is 0 Å². The first-order valence-corrected chi connectivity index (χ1v) is 6.54. The van der Waals surface area contributed by atoms with E-state index in [0.29, 0.717) is 22.9 Å². The van der Waals surface area contributed by atoms with Crippen LogP contribution in [0.2, 0.25) is 5.15 Å². The summed E-state index contributed by atoms with van der Waals surface area (Å²) in [6.45, 7) is 2.42. The predicted molar refractivity (Wildman–Crippen MR) is 70.3 cm³/mol. The van der Waals surface area contributed by atoms with Crippen LogP contribution in [-0.4, -0.2) is 35.1 Å². The molecular weight excluding hydrogens is 236 g/mol. The summed E-state index contributed by atoms with van der Waals surface area (Å²) in [5, 5.41) is 3.95. The molecule has 2 atom stereocenters. The van der Waals surface area contributed by atoms with E-state index in [2.05, 4.69) is 15.2 Å². The molecule has 3 N–H and O–H groups in total. The van der Waals surface area contributed by atoms with Gasteiger partial charge in [-0.1, -0.05) is 11.6 Å². The highest BCUT2D eigenvalue weighted by Gasteiger charge is 2.37. The first kappa shape index (κ1) is 11.1. The average Bonchev–Trinajstić information content (AvgIpc) is 2.88. The average molecular weight is 253 g/mol. The van der Waals surface area contributed by atoms with Gasteiger partial charge >= 0.3 is 0 Å². The number of hydrogen-bond donors (Lipinski definition) is 2. The maximum atomic E-state index is 5.91. The first-order chi connectivity index (χ1) is 8.24. The number of nitrogen functional groups attached to an aromatic ring is 1. The van der Waals surface area contributed by atoms with Crippen LogP contribution < -0.4 is 11.1 Å². The molecule has 0 amide bonds. The van der Waals surface area contributed by atoms with Gasteiger partial charge in [-0.2, -0.15) is 0 Å². The summed E-state index contributed by atoms with van der Waals surface area (Å²) in [7, 11) is 0. The Labute approximate surface area is 106 Å². The van der Waals surface area contributed by atoms with E-state index < -0.39 is 0 Å². The Bertz CT molecular complexity index is 423. The molecule has 0 bridgehead atoms. The minimum Gasteiger partial charge on any atom is -0.396 e. The maximum absolute atomic E-state index is 5.91. The third kappa shape index (κ3) is 2.07. The van der Waals surface area contributed by atoms with Crippen molar-refractivity contribution in [1.29, 1.82) is 0 Å². The number of nitrogens with one attached hydrogen (secondary N) is 1. The van der Waals surface area contributed by atoms with E-state index in [1.165, 1.54) is 25.9 Å². The maximum Gasteiger partial charge on any atom is 0.151 e. The number of fused-ring (bicyclic) bond motifs is 1. The molecule has 2 saturated heterocycles. The minimum atomic E-state index is 0.464. The summed E-state index contributed by atoms with van der Waals surface area (Å²) in [6, 6.07) is 4.64. The van der Waals surface area contributed by atoms with Gasteiger partial charge < -0.3 is 11.1 Å². The van der Waals surface area contributed by atoms with Crippen molar-refractivity contribution in [3.8, 4) is 0 Å². The SMILES string of the molecule is Nc1ccc(Cl)nc1NC1CCN2CCCC12. The Morgan fingerprint density at radius 1 is 1.35 bits per heavy atom. The standard InChI is InChI=1S/C12H17ClN4/c13-11-4-3-8(14)12(16-11)15-9-5-7-17-6-1-2-10(9)17/h3-4,9-10H,1-2,5-7,14H2,(H,15,16). The van der Waals surface area contributed by atoms with Crippen molar-refractivity contribution in [2.24, 2.45) is 0 Å². The molecule has 2 fully saturated rings. The van der Waals surface area contributed by atoms with E-state index in [-0.39, 0.29) is 0 Å². The second kappa shape index (κ2) is 4.35. The van der Waals surface area contributed by atoms with Crippen molar-refractivity contribution < 1.29 is 0 Å². The van der Waals surface area contributed by atoms with Gasteiger partial charge in [0, 0.05) is 18.6 Å². The van der Waals surface area contributed by atoms with E-state index in [1.54, 1.807) is 12.1 Å². The van der Waals surface area contributed by atoms with Gasteiger partial charge in [-0.15, -0.1) is 0 Å². The minimum absolute atomic E-state index is 0.464. The Balaban J connectivity index is 1.76. The number of pyridine rings is 1. The molecule has 0 aliphatic carbocycles. The Kier molecular flexibility index (Phi) is 2.84. The lowest BCUT2D eigenvalue weighted by atomic mass is 10.1. The zero-order valence-electron chi connectivity index (χ0n) is 9.69. The Morgan fingerprint density at radius 3 is 3.12 bits per heavy atom. The highest BCUT2D eigenvalue weighted by atomic mass is 35.5. The summed E-state index contributed by atoms with van der Waals surface area (Å²) in [5.41, 5.74) is 6.58. The predicted octanol–water partition coefficient (Wildman–Crippen LogP) is 1.97. The Morgan fingerprint density at radius 2 is 2.24 bits per heavy atom. The van der Waals surface area contributed by atoms with Gasteiger partial charge in [-0.25, -0.2) is 4.98 Å².